The molecule has 0 aromatic heterocycles. The van der Waals surface area contributed by atoms with Gasteiger partial charge in [0.15, 0.2) is 0 Å². The average Bonchev–Trinajstić information content (AvgIpc) is 2.27. The number of urea groups is 1. The zero-order valence-corrected chi connectivity index (χ0v) is 9.13. The molecule has 0 heterocycles. The summed E-state index contributed by atoms with van der Waals surface area (Å²) in [5.74, 6) is 0. The van der Waals surface area contributed by atoms with Crippen LogP contribution in [0.15, 0.2) is 24.3 Å². The maximum atomic E-state index is 11.0. The third-order valence-electron chi connectivity index (χ3n) is 2.05. The molecule has 4 nitrogen and oxygen atoms in total. The fourth-order valence-electron chi connectivity index (χ4n) is 1.32. The van der Waals surface area contributed by atoms with Gasteiger partial charge in [0.2, 0.25) is 0 Å². The first-order valence-corrected chi connectivity index (χ1v) is 4.94. The summed E-state index contributed by atoms with van der Waals surface area (Å²) in [6.07, 6.45) is 0. The standard InChI is InChI=1S/C11H17N3O/c1-12-7-9-4-3-5-10(6-9)8-14-11(15)13-2/h3-6,12H,7-8H2,1-2H3,(H2,13,14,15). The SMILES string of the molecule is CNCc1cccc(CNC(=O)NC)c1. The van der Waals surface area contributed by atoms with E-state index in [2.05, 4.69) is 28.1 Å². The van der Waals surface area contributed by atoms with E-state index < -0.39 is 0 Å². The number of carbonyl (C=O) groups excluding carboxylic acids is 1. The van der Waals surface area contributed by atoms with Crippen molar-refractivity contribution in [2.24, 2.45) is 0 Å². The first-order chi connectivity index (χ1) is 7.26. The predicted octanol–water partition coefficient (Wildman–Crippen LogP) is 0.835. The Morgan fingerprint density at radius 3 is 2.47 bits per heavy atom. The highest BCUT2D eigenvalue weighted by molar-refractivity contribution is 5.73. The Morgan fingerprint density at radius 1 is 1.20 bits per heavy atom. The quantitative estimate of drug-likeness (QED) is 0.685. The maximum Gasteiger partial charge on any atom is 0.314 e. The normalized spacial score (nSPS) is 9.73. The summed E-state index contributed by atoms with van der Waals surface area (Å²) >= 11 is 0. The van der Waals surface area contributed by atoms with Gasteiger partial charge < -0.3 is 16.0 Å². The Kier molecular flexibility index (Phi) is 4.63. The van der Waals surface area contributed by atoms with Gasteiger partial charge in [0.05, 0.1) is 0 Å². The summed E-state index contributed by atoms with van der Waals surface area (Å²) in [5.41, 5.74) is 2.32. The molecule has 3 N–H and O–H groups in total. The van der Waals surface area contributed by atoms with E-state index in [1.165, 1.54) is 5.56 Å². The Hall–Kier alpha value is -1.55. The molecule has 0 bridgehead atoms. The van der Waals surface area contributed by atoms with Gasteiger partial charge in [-0.05, 0) is 18.2 Å². The molecule has 2 amide bonds. The van der Waals surface area contributed by atoms with Gasteiger partial charge in [0, 0.05) is 20.1 Å². The fourth-order valence-corrected chi connectivity index (χ4v) is 1.32. The first kappa shape index (κ1) is 11.5. The summed E-state index contributed by atoms with van der Waals surface area (Å²) in [4.78, 5) is 11.0. The topological polar surface area (TPSA) is 53.2 Å². The van der Waals surface area contributed by atoms with Crippen LogP contribution in [0.5, 0.6) is 0 Å². The highest BCUT2D eigenvalue weighted by Crippen LogP contribution is 2.04. The molecular weight excluding hydrogens is 190 g/mol. The molecule has 82 valence electrons. The third kappa shape index (κ3) is 3.99. The molecule has 0 aliphatic carbocycles. The highest BCUT2D eigenvalue weighted by Gasteiger charge is 1.98. The lowest BCUT2D eigenvalue weighted by Crippen LogP contribution is -2.32. The van der Waals surface area contributed by atoms with E-state index in [1.807, 2.05) is 19.2 Å². The molecule has 0 aliphatic heterocycles. The molecule has 0 spiro atoms. The van der Waals surface area contributed by atoms with Crippen molar-refractivity contribution >= 4 is 6.03 Å². The predicted molar refractivity (Wildman–Crippen MR) is 60.5 cm³/mol. The van der Waals surface area contributed by atoms with E-state index in [0.717, 1.165) is 12.1 Å². The van der Waals surface area contributed by atoms with Crippen LogP contribution in [0.2, 0.25) is 0 Å². The molecular formula is C11H17N3O. The van der Waals surface area contributed by atoms with Gasteiger partial charge in [-0.3, -0.25) is 0 Å². The smallest absolute Gasteiger partial charge is 0.314 e. The van der Waals surface area contributed by atoms with Crippen LogP contribution in [0, 0.1) is 0 Å². The number of benzene rings is 1. The van der Waals surface area contributed by atoms with Gasteiger partial charge in [-0.15, -0.1) is 0 Å². The van der Waals surface area contributed by atoms with Crippen molar-refractivity contribution in [1.82, 2.24) is 16.0 Å². The lowest BCUT2D eigenvalue weighted by molar-refractivity contribution is 0.242. The zero-order chi connectivity index (χ0) is 11.1. The summed E-state index contributed by atoms with van der Waals surface area (Å²) in [6.45, 7) is 1.39. The van der Waals surface area contributed by atoms with Crippen LogP contribution in [0.25, 0.3) is 0 Å². The van der Waals surface area contributed by atoms with Gasteiger partial charge >= 0.3 is 6.03 Å². The number of hydrogen-bond donors (Lipinski definition) is 3. The molecule has 1 aromatic rings. The zero-order valence-electron chi connectivity index (χ0n) is 9.13. The first-order valence-electron chi connectivity index (χ1n) is 4.94. The van der Waals surface area contributed by atoms with Crippen LogP contribution >= 0.6 is 0 Å². The summed E-state index contributed by atoms with van der Waals surface area (Å²) in [6, 6.07) is 7.96. The summed E-state index contributed by atoms with van der Waals surface area (Å²) < 4.78 is 0. The Labute approximate surface area is 90.1 Å². The van der Waals surface area contributed by atoms with E-state index in [-0.39, 0.29) is 6.03 Å². The molecule has 0 radical (unpaired) electrons. The Morgan fingerprint density at radius 2 is 1.87 bits per heavy atom. The van der Waals surface area contributed by atoms with E-state index in [1.54, 1.807) is 7.05 Å². The van der Waals surface area contributed by atoms with E-state index >= 15 is 0 Å². The van der Waals surface area contributed by atoms with Crippen LogP contribution < -0.4 is 16.0 Å². The van der Waals surface area contributed by atoms with Crippen LogP contribution in [-0.4, -0.2) is 20.1 Å². The molecule has 4 heteroatoms. The maximum absolute atomic E-state index is 11.0. The third-order valence-corrected chi connectivity index (χ3v) is 2.05. The van der Waals surface area contributed by atoms with Crippen LogP contribution in [0.4, 0.5) is 4.79 Å². The Balaban J connectivity index is 2.53. The number of amides is 2. The van der Waals surface area contributed by atoms with Gasteiger partial charge in [0.25, 0.3) is 0 Å². The molecule has 1 rings (SSSR count). The number of hydrogen-bond acceptors (Lipinski definition) is 2. The minimum Gasteiger partial charge on any atom is -0.341 e. The van der Waals surface area contributed by atoms with Crippen LogP contribution in [0.3, 0.4) is 0 Å². The summed E-state index contributed by atoms with van der Waals surface area (Å²) in [7, 11) is 3.52. The second kappa shape index (κ2) is 6.03. The molecule has 0 aliphatic rings. The monoisotopic (exact) mass is 207 g/mol. The molecule has 0 atom stereocenters. The van der Waals surface area contributed by atoms with Gasteiger partial charge in [-0.1, -0.05) is 24.3 Å². The second-order valence-electron chi connectivity index (χ2n) is 3.28. The van der Waals surface area contributed by atoms with Crippen molar-refractivity contribution in [2.45, 2.75) is 13.1 Å². The van der Waals surface area contributed by atoms with Crippen molar-refractivity contribution in [1.29, 1.82) is 0 Å². The van der Waals surface area contributed by atoms with E-state index in [4.69, 9.17) is 0 Å². The van der Waals surface area contributed by atoms with Gasteiger partial charge in [0.1, 0.15) is 0 Å². The number of rotatable bonds is 4. The van der Waals surface area contributed by atoms with E-state index in [9.17, 15) is 4.79 Å². The van der Waals surface area contributed by atoms with Crippen LogP contribution in [-0.2, 0) is 13.1 Å². The second-order valence-corrected chi connectivity index (χ2v) is 3.28. The molecule has 0 unspecified atom stereocenters. The lowest BCUT2D eigenvalue weighted by atomic mass is 10.1. The Bertz CT molecular complexity index is 325. The fraction of sp³-hybridized carbons (Fsp3) is 0.364. The summed E-state index contributed by atoms with van der Waals surface area (Å²) in [5, 5.41) is 8.35. The highest BCUT2D eigenvalue weighted by atomic mass is 16.2. The number of carbonyl (C=O) groups is 1. The lowest BCUT2D eigenvalue weighted by Gasteiger charge is -2.06. The van der Waals surface area contributed by atoms with Crippen molar-refractivity contribution < 1.29 is 4.79 Å². The van der Waals surface area contributed by atoms with Crippen molar-refractivity contribution in [3.63, 3.8) is 0 Å². The largest absolute Gasteiger partial charge is 0.341 e. The molecule has 15 heavy (non-hydrogen) atoms. The van der Waals surface area contributed by atoms with Crippen molar-refractivity contribution in [3.8, 4) is 0 Å². The average molecular weight is 207 g/mol. The minimum atomic E-state index is -0.158. The van der Waals surface area contributed by atoms with Crippen LogP contribution in [0.1, 0.15) is 11.1 Å². The van der Waals surface area contributed by atoms with Crippen molar-refractivity contribution in [2.75, 3.05) is 14.1 Å². The van der Waals surface area contributed by atoms with Gasteiger partial charge in [-0.2, -0.15) is 0 Å². The van der Waals surface area contributed by atoms with Crippen molar-refractivity contribution in [3.05, 3.63) is 35.4 Å². The molecule has 0 saturated heterocycles. The minimum absolute atomic E-state index is 0.158. The molecule has 0 fully saturated rings. The van der Waals surface area contributed by atoms with E-state index in [0.29, 0.717) is 6.54 Å². The molecule has 1 aromatic carbocycles. The number of nitrogens with one attached hydrogen (secondary N) is 3. The molecule has 0 saturated carbocycles. The van der Waals surface area contributed by atoms with Gasteiger partial charge in [-0.25, -0.2) is 4.79 Å².